The minimum absolute atomic E-state index is 0.254. The van der Waals surface area contributed by atoms with Gasteiger partial charge in [-0.15, -0.1) is 0 Å². The minimum Gasteiger partial charge on any atom is -0.501 e. The van der Waals surface area contributed by atoms with Gasteiger partial charge in [-0.3, -0.25) is 4.98 Å². The highest BCUT2D eigenvalue weighted by atomic mass is 16.5. The Kier molecular flexibility index (Phi) is 4.56. The molecule has 3 heteroatoms. The lowest BCUT2D eigenvalue weighted by Crippen LogP contribution is -2.25. The van der Waals surface area contributed by atoms with Gasteiger partial charge in [-0.2, -0.15) is 0 Å². The first-order valence-corrected chi connectivity index (χ1v) is 6.35. The van der Waals surface area contributed by atoms with Gasteiger partial charge in [0, 0.05) is 12.4 Å². The Balaban J connectivity index is 2.15. The van der Waals surface area contributed by atoms with Crippen LogP contribution in [0, 0.1) is 0 Å². The molecule has 2 rings (SSSR count). The fourth-order valence-corrected chi connectivity index (χ4v) is 2.10. The Labute approximate surface area is 103 Å². The monoisotopic (exact) mass is 232 g/mol. The maximum Gasteiger partial charge on any atom is 0.0876 e. The van der Waals surface area contributed by atoms with Crippen molar-refractivity contribution in [1.82, 2.24) is 10.3 Å². The number of ether oxygens (including phenoxy) is 1. The molecule has 0 spiro atoms. The van der Waals surface area contributed by atoms with E-state index in [1.54, 1.807) is 0 Å². The van der Waals surface area contributed by atoms with Crippen molar-refractivity contribution in [2.24, 2.45) is 0 Å². The first-order valence-electron chi connectivity index (χ1n) is 6.35. The van der Waals surface area contributed by atoms with E-state index in [0.717, 1.165) is 32.4 Å². The fourth-order valence-electron chi connectivity index (χ4n) is 2.10. The van der Waals surface area contributed by atoms with Gasteiger partial charge in [-0.1, -0.05) is 13.0 Å². The average molecular weight is 232 g/mol. The van der Waals surface area contributed by atoms with E-state index in [2.05, 4.69) is 23.3 Å². The predicted molar refractivity (Wildman–Crippen MR) is 68.5 cm³/mol. The number of nitrogens with one attached hydrogen (secondary N) is 1. The summed E-state index contributed by atoms with van der Waals surface area (Å²) in [6.45, 7) is 4.03. The summed E-state index contributed by atoms with van der Waals surface area (Å²) >= 11 is 0. The van der Waals surface area contributed by atoms with Crippen LogP contribution < -0.4 is 5.32 Å². The van der Waals surface area contributed by atoms with Crippen LogP contribution in [0.25, 0.3) is 0 Å². The van der Waals surface area contributed by atoms with Crippen LogP contribution in [0.3, 0.4) is 0 Å². The fraction of sp³-hybridized carbons (Fsp3) is 0.500. The van der Waals surface area contributed by atoms with E-state index in [1.807, 2.05) is 24.7 Å². The smallest absolute Gasteiger partial charge is 0.0876 e. The normalized spacial score (nSPS) is 17.1. The first kappa shape index (κ1) is 12.1. The molecule has 0 fully saturated rings. The van der Waals surface area contributed by atoms with Crippen LogP contribution in [0.1, 0.15) is 37.8 Å². The molecular weight excluding hydrogens is 212 g/mol. The largest absolute Gasteiger partial charge is 0.501 e. The molecule has 0 saturated carbocycles. The van der Waals surface area contributed by atoms with Gasteiger partial charge in [0.2, 0.25) is 0 Å². The summed E-state index contributed by atoms with van der Waals surface area (Å²) in [7, 11) is 0. The van der Waals surface area contributed by atoms with Crippen molar-refractivity contribution in [3.05, 3.63) is 41.9 Å². The number of aromatic nitrogens is 1. The standard InChI is InChI=1S/C14H20N2O/c1-2-7-16-14(12-5-3-8-15-10-12)13-6-4-9-17-11-13/h3,5,8,10-11,14,16H,2,4,6-7,9H2,1H3. The van der Waals surface area contributed by atoms with Gasteiger partial charge in [0.15, 0.2) is 0 Å². The zero-order valence-corrected chi connectivity index (χ0v) is 10.4. The highest BCUT2D eigenvalue weighted by Gasteiger charge is 2.18. The van der Waals surface area contributed by atoms with E-state index >= 15 is 0 Å². The molecule has 0 aromatic carbocycles. The van der Waals surface area contributed by atoms with Crippen molar-refractivity contribution < 1.29 is 4.74 Å². The van der Waals surface area contributed by atoms with Crippen molar-refractivity contribution in [3.8, 4) is 0 Å². The quantitative estimate of drug-likeness (QED) is 0.847. The molecule has 0 aliphatic carbocycles. The van der Waals surface area contributed by atoms with Gasteiger partial charge in [0.05, 0.1) is 18.9 Å². The number of hydrogen-bond donors (Lipinski definition) is 1. The summed E-state index contributed by atoms with van der Waals surface area (Å²) in [5, 5.41) is 3.57. The van der Waals surface area contributed by atoms with E-state index in [0.29, 0.717) is 0 Å². The van der Waals surface area contributed by atoms with Crippen LogP contribution in [0.5, 0.6) is 0 Å². The Morgan fingerprint density at radius 3 is 3.12 bits per heavy atom. The molecule has 1 aromatic heterocycles. The van der Waals surface area contributed by atoms with Crippen molar-refractivity contribution in [3.63, 3.8) is 0 Å². The van der Waals surface area contributed by atoms with E-state index in [1.165, 1.54) is 11.1 Å². The van der Waals surface area contributed by atoms with Gasteiger partial charge < -0.3 is 10.1 Å². The molecule has 17 heavy (non-hydrogen) atoms. The SMILES string of the molecule is CCCNC(C1=COCCC1)c1cccnc1. The lowest BCUT2D eigenvalue weighted by molar-refractivity contribution is 0.219. The van der Waals surface area contributed by atoms with Crippen LogP contribution in [0.2, 0.25) is 0 Å². The molecule has 1 aliphatic heterocycles. The van der Waals surface area contributed by atoms with Crippen LogP contribution in [0.4, 0.5) is 0 Å². The third kappa shape index (κ3) is 3.30. The van der Waals surface area contributed by atoms with Crippen LogP contribution in [-0.2, 0) is 4.74 Å². The minimum atomic E-state index is 0.254. The first-order chi connectivity index (χ1) is 8.42. The molecule has 0 saturated heterocycles. The van der Waals surface area contributed by atoms with Gasteiger partial charge in [-0.25, -0.2) is 0 Å². The lowest BCUT2D eigenvalue weighted by atomic mass is 9.96. The van der Waals surface area contributed by atoms with Crippen LogP contribution in [0.15, 0.2) is 36.4 Å². The Hall–Kier alpha value is -1.35. The zero-order chi connectivity index (χ0) is 11.9. The molecule has 0 amide bonds. The van der Waals surface area contributed by atoms with E-state index in [4.69, 9.17) is 4.74 Å². The summed E-state index contributed by atoms with van der Waals surface area (Å²) in [6, 6.07) is 4.36. The summed E-state index contributed by atoms with van der Waals surface area (Å²) in [4.78, 5) is 4.20. The van der Waals surface area contributed by atoms with Crippen molar-refractivity contribution in [2.75, 3.05) is 13.2 Å². The highest BCUT2D eigenvalue weighted by Crippen LogP contribution is 2.27. The topological polar surface area (TPSA) is 34.1 Å². The maximum atomic E-state index is 5.44. The predicted octanol–water partition coefficient (Wildman–Crippen LogP) is 2.82. The molecule has 1 N–H and O–H groups in total. The highest BCUT2D eigenvalue weighted by molar-refractivity contribution is 5.25. The van der Waals surface area contributed by atoms with Gasteiger partial charge >= 0.3 is 0 Å². The summed E-state index contributed by atoms with van der Waals surface area (Å²) in [5.74, 6) is 0. The third-order valence-corrected chi connectivity index (χ3v) is 2.95. The summed E-state index contributed by atoms with van der Waals surface area (Å²) < 4.78 is 5.44. The summed E-state index contributed by atoms with van der Waals surface area (Å²) in [6.07, 6.45) is 9.01. The number of rotatable bonds is 5. The molecule has 0 bridgehead atoms. The Bertz CT molecular complexity index is 362. The molecule has 1 aliphatic rings. The van der Waals surface area contributed by atoms with E-state index < -0.39 is 0 Å². The van der Waals surface area contributed by atoms with Gasteiger partial charge in [-0.05, 0) is 43.0 Å². The summed E-state index contributed by atoms with van der Waals surface area (Å²) in [5.41, 5.74) is 2.55. The van der Waals surface area contributed by atoms with E-state index in [-0.39, 0.29) is 6.04 Å². The molecular formula is C14H20N2O. The third-order valence-electron chi connectivity index (χ3n) is 2.95. The second kappa shape index (κ2) is 6.40. The van der Waals surface area contributed by atoms with Crippen molar-refractivity contribution in [2.45, 2.75) is 32.2 Å². The Morgan fingerprint density at radius 2 is 2.47 bits per heavy atom. The number of hydrogen-bond acceptors (Lipinski definition) is 3. The second-order valence-corrected chi connectivity index (χ2v) is 4.34. The molecule has 2 heterocycles. The zero-order valence-electron chi connectivity index (χ0n) is 10.4. The average Bonchev–Trinajstić information content (AvgIpc) is 2.42. The molecule has 1 aromatic rings. The second-order valence-electron chi connectivity index (χ2n) is 4.34. The van der Waals surface area contributed by atoms with Gasteiger partial charge in [0.1, 0.15) is 0 Å². The lowest BCUT2D eigenvalue weighted by Gasteiger charge is -2.24. The van der Waals surface area contributed by atoms with Crippen LogP contribution >= 0.6 is 0 Å². The van der Waals surface area contributed by atoms with Gasteiger partial charge in [0.25, 0.3) is 0 Å². The Morgan fingerprint density at radius 1 is 1.53 bits per heavy atom. The molecule has 92 valence electrons. The molecule has 0 radical (unpaired) electrons. The van der Waals surface area contributed by atoms with Crippen LogP contribution in [-0.4, -0.2) is 18.1 Å². The molecule has 3 nitrogen and oxygen atoms in total. The molecule has 1 atom stereocenters. The molecule has 1 unspecified atom stereocenters. The van der Waals surface area contributed by atoms with Crippen molar-refractivity contribution in [1.29, 1.82) is 0 Å². The maximum absolute atomic E-state index is 5.44. The number of pyridine rings is 1. The van der Waals surface area contributed by atoms with E-state index in [9.17, 15) is 0 Å². The van der Waals surface area contributed by atoms with Crippen molar-refractivity contribution >= 4 is 0 Å². The number of nitrogens with zero attached hydrogens (tertiary/aromatic N) is 1.